The van der Waals surface area contributed by atoms with Crippen LogP contribution in [0.3, 0.4) is 0 Å². The van der Waals surface area contributed by atoms with Crippen molar-refractivity contribution in [3.05, 3.63) is 63.1 Å². The predicted octanol–water partition coefficient (Wildman–Crippen LogP) is 5.79. The van der Waals surface area contributed by atoms with E-state index in [1.165, 1.54) is 11.1 Å². The summed E-state index contributed by atoms with van der Waals surface area (Å²) in [4.78, 5) is 0.242. The third kappa shape index (κ3) is 3.98. The third-order valence-corrected chi connectivity index (χ3v) is 4.96. The third-order valence-electron chi connectivity index (χ3n) is 2.88. The van der Waals surface area contributed by atoms with Gasteiger partial charge in [0.2, 0.25) is 0 Å². The van der Waals surface area contributed by atoms with Crippen LogP contribution < -0.4 is 4.74 Å². The molecule has 0 aliphatic carbocycles. The van der Waals surface area contributed by atoms with Crippen molar-refractivity contribution < 1.29 is 4.74 Å². The minimum Gasteiger partial charge on any atom is -0.497 e. The second-order valence-corrected chi connectivity index (χ2v) is 6.56. The summed E-state index contributed by atoms with van der Waals surface area (Å²) in [5.74, 6) is 0.876. The molecule has 100 valence electrons. The maximum atomic E-state index is 6.12. The van der Waals surface area contributed by atoms with E-state index >= 15 is 0 Å². The number of methoxy groups -OCH3 is 1. The number of hydrogen-bond acceptors (Lipinski definition) is 1. The van der Waals surface area contributed by atoms with E-state index in [4.69, 9.17) is 16.3 Å². The monoisotopic (exact) mass is 402 g/mol. The Labute approximate surface area is 135 Å². The van der Waals surface area contributed by atoms with E-state index in [-0.39, 0.29) is 4.83 Å². The largest absolute Gasteiger partial charge is 0.497 e. The lowest BCUT2D eigenvalue weighted by Crippen LogP contribution is -1.95. The number of alkyl halides is 1. The molecular formula is C15H13Br2ClO. The zero-order chi connectivity index (χ0) is 13.8. The summed E-state index contributed by atoms with van der Waals surface area (Å²) in [7, 11) is 1.67. The van der Waals surface area contributed by atoms with Crippen molar-refractivity contribution in [3.63, 3.8) is 0 Å². The van der Waals surface area contributed by atoms with E-state index in [9.17, 15) is 0 Å². The summed E-state index contributed by atoms with van der Waals surface area (Å²) in [6.07, 6.45) is 0.905. The molecule has 1 unspecified atom stereocenters. The Balaban J connectivity index is 2.10. The van der Waals surface area contributed by atoms with Crippen LogP contribution in [0, 0.1) is 0 Å². The zero-order valence-electron chi connectivity index (χ0n) is 10.4. The van der Waals surface area contributed by atoms with E-state index in [2.05, 4.69) is 50.1 Å². The zero-order valence-corrected chi connectivity index (χ0v) is 14.3. The summed E-state index contributed by atoms with van der Waals surface area (Å²) in [6, 6.07) is 14.1. The molecule has 0 bridgehead atoms. The lowest BCUT2D eigenvalue weighted by atomic mass is 10.0. The molecule has 0 aliphatic heterocycles. The van der Waals surface area contributed by atoms with Crippen LogP contribution >= 0.6 is 43.5 Å². The highest BCUT2D eigenvalue weighted by molar-refractivity contribution is 9.10. The first-order valence-electron chi connectivity index (χ1n) is 5.82. The summed E-state index contributed by atoms with van der Waals surface area (Å²) in [5.41, 5.74) is 2.42. The van der Waals surface area contributed by atoms with Gasteiger partial charge in [0, 0.05) is 9.30 Å². The first-order valence-corrected chi connectivity index (χ1v) is 7.91. The molecule has 1 atom stereocenters. The summed E-state index contributed by atoms with van der Waals surface area (Å²) in [5, 5.41) is 0.733. The molecule has 1 nitrogen and oxygen atoms in total. The van der Waals surface area contributed by atoms with Gasteiger partial charge < -0.3 is 4.74 Å². The molecule has 0 aromatic heterocycles. The van der Waals surface area contributed by atoms with Crippen LogP contribution in [0.5, 0.6) is 5.75 Å². The van der Waals surface area contributed by atoms with Crippen LogP contribution in [-0.2, 0) is 6.42 Å². The smallest absolute Gasteiger partial charge is 0.118 e. The molecule has 0 saturated heterocycles. The fourth-order valence-corrected chi connectivity index (χ4v) is 2.89. The predicted molar refractivity (Wildman–Crippen MR) is 87.5 cm³/mol. The first kappa shape index (κ1) is 14.9. The second-order valence-electron chi connectivity index (χ2n) is 4.19. The number of benzene rings is 2. The highest BCUT2D eigenvalue weighted by Gasteiger charge is 2.10. The lowest BCUT2D eigenvalue weighted by Gasteiger charge is -2.12. The van der Waals surface area contributed by atoms with Crippen LogP contribution in [-0.4, -0.2) is 7.11 Å². The van der Waals surface area contributed by atoms with Crippen LogP contribution in [0.25, 0.3) is 0 Å². The van der Waals surface area contributed by atoms with Gasteiger partial charge in [0.1, 0.15) is 5.75 Å². The molecule has 2 aromatic carbocycles. The maximum Gasteiger partial charge on any atom is 0.118 e. The van der Waals surface area contributed by atoms with Gasteiger partial charge in [-0.1, -0.05) is 45.7 Å². The van der Waals surface area contributed by atoms with E-state index in [0.717, 1.165) is 21.7 Å². The molecule has 0 amide bonds. The normalized spacial score (nSPS) is 12.2. The average molecular weight is 405 g/mol. The van der Waals surface area contributed by atoms with E-state index in [1.807, 2.05) is 24.3 Å². The van der Waals surface area contributed by atoms with Crippen molar-refractivity contribution in [2.45, 2.75) is 11.2 Å². The molecular weight excluding hydrogens is 391 g/mol. The van der Waals surface area contributed by atoms with Crippen LogP contribution in [0.1, 0.15) is 16.0 Å². The molecule has 0 fully saturated rings. The molecule has 0 saturated carbocycles. The van der Waals surface area contributed by atoms with Gasteiger partial charge in [0.25, 0.3) is 0 Å². The summed E-state index contributed by atoms with van der Waals surface area (Å²) < 4.78 is 6.07. The standard InChI is InChI=1S/C15H13Br2ClO/c1-19-12-5-2-10(3-6-12)8-14(17)11-4-7-13(16)15(18)9-11/h2-7,9,14H,8H2,1H3. The highest BCUT2D eigenvalue weighted by Crippen LogP contribution is 2.32. The molecule has 0 heterocycles. The maximum absolute atomic E-state index is 6.12. The number of hydrogen-bond donors (Lipinski definition) is 0. The van der Waals surface area contributed by atoms with Gasteiger partial charge in [-0.2, -0.15) is 0 Å². The van der Waals surface area contributed by atoms with Gasteiger partial charge >= 0.3 is 0 Å². The SMILES string of the molecule is COc1ccc(CC(Br)c2ccc(Br)c(Cl)c2)cc1. The van der Waals surface area contributed by atoms with Crippen molar-refractivity contribution in [2.75, 3.05) is 7.11 Å². The Hall–Kier alpha value is -0.510. The van der Waals surface area contributed by atoms with Crippen molar-refractivity contribution in [1.82, 2.24) is 0 Å². The van der Waals surface area contributed by atoms with E-state index in [0.29, 0.717) is 0 Å². The first-order chi connectivity index (χ1) is 9.10. The Morgan fingerprint density at radius 3 is 2.42 bits per heavy atom. The molecule has 0 N–H and O–H groups in total. The number of halogens is 3. The second kappa shape index (κ2) is 6.78. The number of ether oxygens (including phenoxy) is 1. The van der Waals surface area contributed by atoms with Gasteiger partial charge in [-0.05, 0) is 57.7 Å². The molecule has 4 heteroatoms. The summed E-state index contributed by atoms with van der Waals surface area (Å²) >= 11 is 13.2. The van der Waals surface area contributed by atoms with Crippen LogP contribution in [0.15, 0.2) is 46.9 Å². The fourth-order valence-electron chi connectivity index (χ4n) is 1.79. The van der Waals surface area contributed by atoms with Crippen LogP contribution in [0.2, 0.25) is 5.02 Å². The van der Waals surface area contributed by atoms with E-state index < -0.39 is 0 Å². The fraction of sp³-hybridized carbons (Fsp3) is 0.200. The Morgan fingerprint density at radius 2 is 1.84 bits per heavy atom. The van der Waals surface area contributed by atoms with Crippen LogP contribution in [0.4, 0.5) is 0 Å². The van der Waals surface area contributed by atoms with Gasteiger partial charge in [-0.25, -0.2) is 0 Å². The Bertz CT molecular complexity index is 555. The lowest BCUT2D eigenvalue weighted by molar-refractivity contribution is 0.414. The van der Waals surface area contributed by atoms with Gasteiger partial charge in [-0.3, -0.25) is 0 Å². The van der Waals surface area contributed by atoms with Crippen molar-refractivity contribution >= 4 is 43.5 Å². The number of rotatable bonds is 4. The minimum absolute atomic E-state index is 0.242. The van der Waals surface area contributed by atoms with Crippen molar-refractivity contribution in [1.29, 1.82) is 0 Å². The molecule has 19 heavy (non-hydrogen) atoms. The van der Waals surface area contributed by atoms with Crippen molar-refractivity contribution in [3.8, 4) is 5.75 Å². The average Bonchev–Trinajstić information content (AvgIpc) is 2.42. The van der Waals surface area contributed by atoms with Gasteiger partial charge in [-0.15, -0.1) is 0 Å². The topological polar surface area (TPSA) is 9.23 Å². The van der Waals surface area contributed by atoms with E-state index in [1.54, 1.807) is 7.11 Å². The van der Waals surface area contributed by atoms with Crippen molar-refractivity contribution in [2.24, 2.45) is 0 Å². The Kier molecular flexibility index (Phi) is 5.31. The molecule has 2 aromatic rings. The Morgan fingerprint density at radius 1 is 1.16 bits per heavy atom. The molecule has 0 spiro atoms. The molecule has 0 radical (unpaired) electrons. The summed E-state index contributed by atoms with van der Waals surface area (Å²) in [6.45, 7) is 0. The molecule has 0 aliphatic rings. The van der Waals surface area contributed by atoms with Gasteiger partial charge in [0.05, 0.1) is 12.1 Å². The molecule has 2 rings (SSSR count). The van der Waals surface area contributed by atoms with Gasteiger partial charge in [0.15, 0.2) is 0 Å². The minimum atomic E-state index is 0.242. The quantitative estimate of drug-likeness (QED) is 0.586. The highest BCUT2D eigenvalue weighted by atomic mass is 79.9.